The minimum absolute atomic E-state index is 0. The van der Waals surface area contributed by atoms with E-state index in [4.69, 9.17) is 5.11 Å². The molecule has 1 aromatic carbocycles. The summed E-state index contributed by atoms with van der Waals surface area (Å²) >= 11 is 0. The first-order valence-electron chi connectivity index (χ1n) is 6.32. The van der Waals surface area contributed by atoms with Crippen LogP contribution < -0.4 is 10.2 Å². The maximum Gasteiger partial charge on any atom is 0.0431 e. The summed E-state index contributed by atoms with van der Waals surface area (Å²) in [5, 5.41) is 12.1. The zero-order valence-corrected chi connectivity index (χ0v) is 13.4. The molecule has 0 aliphatic carbocycles. The van der Waals surface area contributed by atoms with E-state index >= 15 is 0 Å². The van der Waals surface area contributed by atoms with Gasteiger partial charge in [-0.25, -0.2) is 0 Å². The molecule has 0 atom stereocenters. The highest BCUT2D eigenvalue weighted by molar-refractivity contribution is 5.85. The number of rotatable bonds is 8. The number of aliphatic hydroxyl groups is 1. The third kappa shape index (κ3) is 9.11. The average molecular weight is 309 g/mol. The quantitative estimate of drug-likeness (QED) is 0.725. The first kappa shape index (κ1) is 20.8. The minimum atomic E-state index is 0. The minimum Gasteiger partial charge on any atom is -0.396 e. The standard InChI is InChI=1S/C14H24N2O.2ClH/c1-16(2)14-8-6-13(7-9-14)12-15-10-4-3-5-11-17;;/h6-9,15,17H,3-5,10-12H2,1-2H3;2*1H. The highest BCUT2D eigenvalue weighted by atomic mass is 35.5. The lowest BCUT2D eigenvalue weighted by molar-refractivity contribution is 0.283. The van der Waals surface area contributed by atoms with Crippen molar-refractivity contribution in [1.29, 1.82) is 0 Å². The van der Waals surface area contributed by atoms with Crippen molar-refractivity contribution in [2.45, 2.75) is 25.8 Å². The van der Waals surface area contributed by atoms with E-state index in [9.17, 15) is 0 Å². The van der Waals surface area contributed by atoms with Gasteiger partial charge in [0, 0.05) is 32.9 Å². The maximum absolute atomic E-state index is 8.65. The Hall–Kier alpha value is -0.480. The van der Waals surface area contributed by atoms with Gasteiger partial charge in [-0.3, -0.25) is 0 Å². The number of anilines is 1. The van der Waals surface area contributed by atoms with Crippen LogP contribution in [0.4, 0.5) is 5.69 Å². The monoisotopic (exact) mass is 308 g/mol. The SMILES string of the molecule is CN(C)c1ccc(CNCCCCCO)cc1.Cl.Cl. The van der Waals surface area contributed by atoms with Crippen LogP contribution >= 0.6 is 24.8 Å². The molecular formula is C14H26Cl2N2O. The Morgan fingerprint density at radius 1 is 1.00 bits per heavy atom. The summed E-state index contributed by atoms with van der Waals surface area (Å²) in [5.41, 5.74) is 2.55. The highest BCUT2D eigenvalue weighted by Gasteiger charge is 1.96. The number of aliphatic hydroxyl groups excluding tert-OH is 1. The Morgan fingerprint density at radius 3 is 2.16 bits per heavy atom. The second-order valence-electron chi connectivity index (χ2n) is 4.52. The van der Waals surface area contributed by atoms with Crippen LogP contribution in [0.15, 0.2) is 24.3 Å². The van der Waals surface area contributed by atoms with E-state index in [1.54, 1.807) is 0 Å². The Morgan fingerprint density at radius 2 is 1.63 bits per heavy atom. The molecule has 0 heterocycles. The fraction of sp³-hybridized carbons (Fsp3) is 0.571. The van der Waals surface area contributed by atoms with Gasteiger partial charge in [0.15, 0.2) is 0 Å². The van der Waals surface area contributed by atoms with Gasteiger partial charge in [0.1, 0.15) is 0 Å². The molecule has 0 aromatic heterocycles. The largest absolute Gasteiger partial charge is 0.396 e. The normalized spacial score (nSPS) is 9.42. The molecule has 1 aromatic rings. The van der Waals surface area contributed by atoms with Gasteiger partial charge in [-0.2, -0.15) is 0 Å². The molecule has 112 valence electrons. The Labute approximate surface area is 129 Å². The maximum atomic E-state index is 8.65. The molecule has 1 rings (SSSR count). The lowest BCUT2D eigenvalue weighted by Gasteiger charge is -2.12. The van der Waals surface area contributed by atoms with Crippen molar-refractivity contribution < 1.29 is 5.11 Å². The van der Waals surface area contributed by atoms with Crippen LogP contribution in [-0.2, 0) is 6.54 Å². The summed E-state index contributed by atoms with van der Waals surface area (Å²) in [7, 11) is 4.10. The van der Waals surface area contributed by atoms with Gasteiger partial charge >= 0.3 is 0 Å². The van der Waals surface area contributed by atoms with Crippen LogP contribution in [0.2, 0.25) is 0 Å². The van der Waals surface area contributed by atoms with Crippen LogP contribution in [0.1, 0.15) is 24.8 Å². The molecule has 0 unspecified atom stereocenters. The van der Waals surface area contributed by atoms with E-state index in [0.29, 0.717) is 6.61 Å². The first-order chi connectivity index (χ1) is 8.24. The van der Waals surface area contributed by atoms with Gasteiger partial charge in [0.2, 0.25) is 0 Å². The molecule has 0 saturated heterocycles. The van der Waals surface area contributed by atoms with Crippen molar-refractivity contribution in [3.8, 4) is 0 Å². The number of benzene rings is 1. The highest BCUT2D eigenvalue weighted by Crippen LogP contribution is 2.11. The average Bonchev–Trinajstić information content (AvgIpc) is 2.34. The summed E-state index contributed by atoms with van der Waals surface area (Å²) in [6.07, 6.45) is 3.15. The lowest BCUT2D eigenvalue weighted by Crippen LogP contribution is -2.15. The van der Waals surface area contributed by atoms with E-state index in [1.807, 2.05) is 0 Å². The number of halogens is 2. The fourth-order valence-electron chi connectivity index (χ4n) is 1.68. The van der Waals surface area contributed by atoms with Crippen molar-refractivity contribution >= 4 is 30.5 Å². The number of unbranched alkanes of at least 4 members (excludes halogenated alkanes) is 2. The first-order valence-corrected chi connectivity index (χ1v) is 6.32. The van der Waals surface area contributed by atoms with E-state index in [0.717, 1.165) is 32.4 Å². The second-order valence-corrected chi connectivity index (χ2v) is 4.52. The molecule has 3 nitrogen and oxygen atoms in total. The van der Waals surface area contributed by atoms with Crippen LogP contribution in [0.25, 0.3) is 0 Å². The molecule has 0 spiro atoms. The smallest absolute Gasteiger partial charge is 0.0431 e. The van der Waals surface area contributed by atoms with Crippen LogP contribution in [-0.4, -0.2) is 32.4 Å². The van der Waals surface area contributed by atoms with E-state index < -0.39 is 0 Å². The third-order valence-electron chi connectivity index (χ3n) is 2.79. The lowest BCUT2D eigenvalue weighted by atomic mass is 10.2. The van der Waals surface area contributed by atoms with Crippen molar-refractivity contribution in [3.05, 3.63) is 29.8 Å². The van der Waals surface area contributed by atoms with Crippen LogP contribution in [0.5, 0.6) is 0 Å². The molecule has 5 heteroatoms. The number of hydrogen-bond acceptors (Lipinski definition) is 3. The molecule has 0 aliphatic rings. The predicted octanol–water partition coefficient (Wildman–Crippen LogP) is 2.85. The summed E-state index contributed by atoms with van der Waals surface area (Å²) in [6, 6.07) is 8.61. The number of hydrogen-bond donors (Lipinski definition) is 2. The zero-order chi connectivity index (χ0) is 12.5. The van der Waals surface area contributed by atoms with E-state index in [-0.39, 0.29) is 24.8 Å². The molecule has 2 N–H and O–H groups in total. The molecular weight excluding hydrogens is 283 g/mol. The van der Waals surface area contributed by atoms with Gasteiger partial charge in [-0.05, 0) is 43.5 Å². The van der Waals surface area contributed by atoms with Gasteiger partial charge < -0.3 is 15.3 Å². The number of nitrogens with one attached hydrogen (secondary N) is 1. The van der Waals surface area contributed by atoms with E-state index in [2.05, 4.69) is 48.6 Å². The zero-order valence-electron chi connectivity index (χ0n) is 11.8. The number of nitrogens with zero attached hydrogens (tertiary/aromatic N) is 1. The molecule has 0 radical (unpaired) electrons. The molecule has 19 heavy (non-hydrogen) atoms. The van der Waals surface area contributed by atoms with Crippen molar-refractivity contribution in [3.63, 3.8) is 0 Å². The van der Waals surface area contributed by atoms with Crippen LogP contribution in [0.3, 0.4) is 0 Å². The summed E-state index contributed by atoms with van der Waals surface area (Å²) in [6.45, 7) is 2.26. The second kappa shape index (κ2) is 12.5. The molecule has 0 bridgehead atoms. The van der Waals surface area contributed by atoms with Crippen molar-refractivity contribution in [2.24, 2.45) is 0 Å². The van der Waals surface area contributed by atoms with Gasteiger partial charge in [0.25, 0.3) is 0 Å². The molecule has 0 aliphatic heterocycles. The molecule has 0 amide bonds. The topological polar surface area (TPSA) is 35.5 Å². The van der Waals surface area contributed by atoms with Crippen molar-refractivity contribution in [1.82, 2.24) is 5.32 Å². The predicted molar refractivity (Wildman–Crippen MR) is 87.9 cm³/mol. The van der Waals surface area contributed by atoms with Gasteiger partial charge in [-0.15, -0.1) is 24.8 Å². The summed E-state index contributed by atoms with van der Waals surface area (Å²) < 4.78 is 0. The van der Waals surface area contributed by atoms with E-state index in [1.165, 1.54) is 11.3 Å². The fourth-order valence-corrected chi connectivity index (χ4v) is 1.68. The molecule has 0 saturated carbocycles. The Kier molecular flexibility index (Phi) is 13.8. The van der Waals surface area contributed by atoms with Gasteiger partial charge in [0.05, 0.1) is 0 Å². The summed E-state index contributed by atoms with van der Waals surface area (Å²) in [5.74, 6) is 0. The summed E-state index contributed by atoms with van der Waals surface area (Å²) in [4.78, 5) is 2.10. The van der Waals surface area contributed by atoms with Gasteiger partial charge in [-0.1, -0.05) is 12.1 Å². The molecule has 0 fully saturated rings. The third-order valence-corrected chi connectivity index (χ3v) is 2.79. The Balaban J connectivity index is 0. The van der Waals surface area contributed by atoms with Crippen molar-refractivity contribution in [2.75, 3.05) is 32.1 Å². The van der Waals surface area contributed by atoms with Crippen LogP contribution in [0, 0.1) is 0 Å². The Bertz CT molecular complexity index is 305.